The first-order valence-electron chi connectivity index (χ1n) is 18.7. The molecule has 6 rings (SSSR count). The van der Waals surface area contributed by atoms with Gasteiger partial charge >= 0.3 is 6.09 Å². The van der Waals surface area contributed by atoms with E-state index >= 15 is 0 Å². The van der Waals surface area contributed by atoms with E-state index in [2.05, 4.69) is 35.1 Å². The maximum absolute atomic E-state index is 14.2. The van der Waals surface area contributed by atoms with Crippen LogP contribution in [0.2, 0.25) is 0 Å². The second-order valence-corrected chi connectivity index (χ2v) is 15.1. The molecule has 2 unspecified atom stereocenters. The number of ether oxygens (including phenoxy) is 2. The van der Waals surface area contributed by atoms with Gasteiger partial charge in [-0.25, -0.2) is 9.78 Å². The summed E-state index contributed by atoms with van der Waals surface area (Å²) in [6.45, 7) is 6.48. The lowest BCUT2D eigenvalue weighted by Gasteiger charge is -2.35. The van der Waals surface area contributed by atoms with Crippen LogP contribution in [-0.4, -0.2) is 90.1 Å². The zero-order valence-corrected chi connectivity index (χ0v) is 30.7. The largest absolute Gasteiger partial charge is 0.496 e. The molecule has 3 fully saturated rings. The van der Waals surface area contributed by atoms with Crippen molar-refractivity contribution in [2.45, 2.75) is 96.1 Å². The van der Waals surface area contributed by atoms with Crippen molar-refractivity contribution in [2.75, 3.05) is 52.3 Å². The summed E-state index contributed by atoms with van der Waals surface area (Å²) < 4.78 is 13.0. The molecule has 2 atom stereocenters. The van der Waals surface area contributed by atoms with Crippen LogP contribution in [-0.2, 0) is 9.53 Å². The van der Waals surface area contributed by atoms with E-state index < -0.39 is 0 Å². The lowest BCUT2D eigenvalue weighted by atomic mass is 9.78. The molecular weight excluding hydrogens is 628 g/mol. The van der Waals surface area contributed by atoms with E-state index in [1.54, 1.807) is 12.0 Å². The van der Waals surface area contributed by atoms with E-state index in [1.807, 2.05) is 61.3 Å². The van der Waals surface area contributed by atoms with Crippen molar-refractivity contribution < 1.29 is 19.1 Å². The Bertz CT molecular complexity index is 1590. The van der Waals surface area contributed by atoms with Crippen LogP contribution in [0.15, 0.2) is 48.9 Å². The van der Waals surface area contributed by atoms with Gasteiger partial charge in [-0.2, -0.15) is 5.10 Å². The van der Waals surface area contributed by atoms with Crippen molar-refractivity contribution in [1.82, 2.24) is 24.6 Å². The van der Waals surface area contributed by atoms with E-state index in [0.29, 0.717) is 31.0 Å². The van der Waals surface area contributed by atoms with Gasteiger partial charge < -0.3 is 19.3 Å². The molecule has 10 nitrogen and oxygen atoms in total. The van der Waals surface area contributed by atoms with Crippen molar-refractivity contribution >= 4 is 17.8 Å². The number of anilines is 1. The molecule has 2 saturated carbocycles. The number of hydrogen-bond acceptors (Lipinski definition) is 7. The highest BCUT2D eigenvalue weighted by molar-refractivity contribution is 5.94. The number of methoxy groups -OCH3 is 1. The number of nitrogens with zero attached hydrogens (tertiary/aromatic N) is 6. The minimum absolute atomic E-state index is 0.0634. The quantitative estimate of drug-likeness (QED) is 0.207. The molecule has 1 aromatic carbocycles. The van der Waals surface area contributed by atoms with Crippen LogP contribution < -0.4 is 9.64 Å². The molecule has 270 valence electrons. The van der Waals surface area contributed by atoms with Gasteiger partial charge in [0.05, 0.1) is 19.3 Å². The molecular formula is C40H56N6O4. The maximum atomic E-state index is 14.2. The number of aryl methyl sites for hydroxylation is 1. The molecule has 0 N–H and O–H groups in total. The second kappa shape index (κ2) is 16.4. The Balaban J connectivity index is 1.11. The number of likely N-dealkylation sites (N-methyl/N-ethyl adjacent to an activating group) is 1. The Morgan fingerprint density at radius 1 is 0.980 bits per heavy atom. The van der Waals surface area contributed by atoms with E-state index in [9.17, 15) is 9.59 Å². The summed E-state index contributed by atoms with van der Waals surface area (Å²) in [5.74, 6) is 2.93. The van der Waals surface area contributed by atoms with Gasteiger partial charge in [-0.1, -0.05) is 31.4 Å². The van der Waals surface area contributed by atoms with Crippen molar-refractivity contribution in [2.24, 2.45) is 11.8 Å². The van der Waals surface area contributed by atoms with Crippen molar-refractivity contribution in [3.63, 3.8) is 0 Å². The standard InChI is InChI=1S/C40H56N6O4/c1-28-21-33(15-16-37(28)49-5)31-13-11-30(12-14-31)24-45(39(47)32-9-7-6-8-10-32)38-22-34(17-19-41-38)35-23-42-46(25-35)29(2)27-50-40(48)44-20-18-36(26-44)43(3)4/h15-17,19,21-23,25,29-32,36H,6-14,18,20,24,26-27H2,1-5H3. The molecule has 2 aromatic heterocycles. The second-order valence-electron chi connectivity index (χ2n) is 15.1. The lowest BCUT2D eigenvalue weighted by molar-refractivity contribution is -0.123. The van der Waals surface area contributed by atoms with Gasteiger partial charge in [0.15, 0.2) is 0 Å². The van der Waals surface area contributed by atoms with Crippen molar-refractivity contribution in [3.8, 4) is 16.9 Å². The maximum Gasteiger partial charge on any atom is 0.409 e. The van der Waals surface area contributed by atoms with Crippen LogP contribution in [0.1, 0.15) is 94.2 Å². The Hall–Kier alpha value is -3.92. The van der Waals surface area contributed by atoms with Gasteiger partial charge in [0.1, 0.15) is 18.2 Å². The Morgan fingerprint density at radius 3 is 2.46 bits per heavy atom. The highest BCUT2D eigenvalue weighted by Gasteiger charge is 2.32. The first kappa shape index (κ1) is 35.9. The third-order valence-corrected chi connectivity index (χ3v) is 11.4. The summed E-state index contributed by atoms with van der Waals surface area (Å²) in [5.41, 5.74) is 4.49. The molecule has 0 bridgehead atoms. The number of benzene rings is 1. The van der Waals surface area contributed by atoms with Gasteiger partial charge in [-0.05, 0) is 120 Å². The molecule has 0 spiro atoms. The molecule has 10 heteroatoms. The minimum atomic E-state index is -0.264. The normalized spacial score (nSPS) is 22.0. The molecule has 3 heterocycles. The molecule has 2 amide bonds. The predicted octanol–water partition coefficient (Wildman–Crippen LogP) is 7.48. The van der Waals surface area contributed by atoms with Gasteiger partial charge in [-0.15, -0.1) is 0 Å². The fourth-order valence-electron chi connectivity index (χ4n) is 8.12. The van der Waals surface area contributed by atoms with Gasteiger partial charge in [0.2, 0.25) is 5.91 Å². The number of aromatic nitrogens is 3. The SMILES string of the molecule is COc1ccc(C2CCC(CN(C(=O)C3CCCCC3)c3cc(-c4cnn(C(C)COC(=O)N5CCC(N(C)C)C5)c4)ccn3)CC2)cc1C. The van der Waals surface area contributed by atoms with Crippen LogP contribution in [0.3, 0.4) is 0 Å². The molecule has 1 saturated heterocycles. The molecule has 0 radical (unpaired) electrons. The van der Waals surface area contributed by atoms with Crippen LogP contribution >= 0.6 is 0 Å². The average molecular weight is 685 g/mol. The number of carbonyl (C=O) groups is 2. The number of pyridine rings is 1. The topological polar surface area (TPSA) is 93.0 Å². The predicted molar refractivity (Wildman–Crippen MR) is 197 cm³/mol. The van der Waals surface area contributed by atoms with Crippen LogP contribution in [0.4, 0.5) is 10.6 Å². The third kappa shape index (κ3) is 8.50. The monoisotopic (exact) mass is 684 g/mol. The molecule has 2 aliphatic carbocycles. The summed E-state index contributed by atoms with van der Waals surface area (Å²) in [5, 5.41) is 4.62. The molecule has 50 heavy (non-hydrogen) atoms. The molecule has 3 aliphatic rings. The number of hydrogen-bond donors (Lipinski definition) is 0. The summed E-state index contributed by atoms with van der Waals surface area (Å²) in [4.78, 5) is 37.6. The Kier molecular flexibility index (Phi) is 11.8. The fraction of sp³-hybridized carbons (Fsp3) is 0.600. The van der Waals surface area contributed by atoms with E-state index in [4.69, 9.17) is 14.5 Å². The zero-order chi connectivity index (χ0) is 35.2. The third-order valence-electron chi connectivity index (χ3n) is 11.4. The fourth-order valence-corrected chi connectivity index (χ4v) is 8.12. The number of carbonyl (C=O) groups excluding carboxylic acids is 2. The highest BCUT2D eigenvalue weighted by atomic mass is 16.6. The van der Waals surface area contributed by atoms with Crippen LogP contribution in [0.25, 0.3) is 11.1 Å². The molecule has 1 aliphatic heterocycles. The van der Waals surface area contributed by atoms with E-state index in [-0.39, 0.29) is 30.6 Å². The summed E-state index contributed by atoms with van der Waals surface area (Å²) in [6.07, 6.45) is 16.1. The van der Waals surface area contributed by atoms with Gasteiger partial charge in [-0.3, -0.25) is 14.4 Å². The minimum Gasteiger partial charge on any atom is -0.496 e. The smallest absolute Gasteiger partial charge is 0.409 e. The highest BCUT2D eigenvalue weighted by Crippen LogP contribution is 2.39. The summed E-state index contributed by atoms with van der Waals surface area (Å²) >= 11 is 0. The van der Waals surface area contributed by atoms with Crippen LogP contribution in [0.5, 0.6) is 5.75 Å². The summed E-state index contributed by atoms with van der Waals surface area (Å²) in [7, 11) is 5.82. The summed E-state index contributed by atoms with van der Waals surface area (Å²) in [6, 6.07) is 10.9. The first-order chi connectivity index (χ1) is 24.2. The number of likely N-dealkylation sites (tertiary alicyclic amines) is 1. The van der Waals surface area contributed by atoms with E-state index in [0.717, 1.165) is 87.0 Å². The average Bonchev–Trinajstić information content (AvgIpc) is 3.85. The van der Waals surface area contributed by atoms with Crippen molar-refractivity contribution in [1.29, 1.82) is 0 Å². The van der Waals surface area contributed by atoms with Crippen molar-refractivity contribution in [3.05, 3.63) is 60.0 Å². The zero-order valence-electron chi connectivity index (χ0n) is 30.7. The number of amides is 2. The molecule has 3 aromatic rings. The Morgan fingerprint density at radius 2 is 1.76 bits per heavy atom. The lowest BCUT2D eigenvalue weighted by Crippen LogP contribution is -2.41. The first-order valence-corrected chi connectivity index (χ1v) is 18.7. The Labute approximate surface area is 298 Å². The van der Waals surface area contributed by atoms with Crippen LogP contribution in [0, 0.1) is 18.8 Å². The van der Waals surface area contributed by atoms with Gasteiger partial charge in [0.25, 0.3) is 0 Å². The van der Waals surface area contributed by atoms with E-state index in [1.165, 1.54) is 17.5 Å². The van der Waals surface area contributed by atoms with Gasteiger partial charge in [0, 0.05) is 49.6 Å². The number of rotatable bonds is 11.